The molecule has 0 aromatic heterocycles. The van der Waals surface area contributed by atoms with Gasteiger partial charge in [-0.2, -0.15) is 8.42 Å². The molecule has 0 aliphatic rings. The zero-order chi connectivity index (χ0) is 19.3. The number of rotatable bonds is 4. The summed E-state index contributed by atoms with van der Waals surface area (Å²) < 4.78 is 34.0. The van der Waals surface area contributed by atoms with Gasteiger partial charge in [0.05, 0.1) is 5.75 Å². The first-order chi connectivity index (χ1) is 13.1. The minimum absolute atomic E-state index is 0.236. The van der Waals surface area contributed by atoms with Crippen LogP contribution in [0.3, 0.4) is 0 Å². The second-order valence-electron chi connectivity index (χ2n) is 6.32. The van der Waals surface area contributed by atoms with Gasteiger partial charge in [-0.1, -0.05) is 90.5 Å². The van der Waals surface area contributed by atoms with Crippen molar-refractivity contribution in [1.29, 1.82) is 0 Å². The van der Waals surface area contributed by atoms with E-state index in [1.54, 1.807) is 0 Å². The van der Waals surface area contributed by atoms with Crippen molar-refractivity contribution in [2.75, 3.05) is 5.75 Å². The second kappa shape index (κ2) is 8.46. The van der Waals surface area contributed by atoms with Gasteiger partial charge in [-0.3, -0.25) is 0 Å². The molecule has 0 fully saturated rings. The van der Waals surface area contributed by atoms with Crippen molar-refractivity contribution in [2.45, 2.75) is 19.8 Å². The van der Waals surface area contributed by atoms with Crippen LogP contribution in [-0.4, -0.2) is 14.2 Å². The molecule has 0 bridgehead atoms. The Hall–Kier alpha value is -2.50. The monoisotopic (exact) mass is 384 g/mol. The van der Waals surface area contributed by atoms with Crippen LogP contribution in [0.25, 0.3) is 32.3 Å². The summed E-state index contributed by atoms with van der Waals surface area (Å²) >= 11 is 0. The van der Waals surface area contributed by atoms with Crippen molar-refractivity contribution in [3.05, 3.63) is 72.8 Å². The predicted molar refractivity (Wildman–Crippen MR) is 110 cm³/mol. The van der Waals surface area contributed by atoms with Crippen molar-refractivity contribution in [1.82, 2.24) is 0 Å². The van der Waals surface area contributed by atoms with E-state index >= 15 is 0 Å². The Labute approximate surface area is 158 Å². The van der Waals surface area contributed by atoms with Gasteiger partial charge < -0.3 is 0 Å². The van der Waals surface area contributed by atoms with Crippen LogP contribution < -0.4 is 0 Å². The third-order valence-corrected chi connectivity index (χ3v) is 5.48. The predicted octanol–water partition coefficient (Wildman–Crippen LogP) is 6.16. The average molecular weight is 384 g/mol. The lowest BCUT2D eigenvalue weighted by Crippen LogP contribution is -2.04. The largest absolute Gasteiger partial charge is 0.297 e. The van der Waals surface area contributed by atoms with Gasteiger partial charge in [0.15, 0.2) is 0 Å². The summed E-state index contributed by atoms with van der Waals surface area (Å²) in [6.07, 6.45) is 1.15. The van der Waals surface area contributed by atoms with Crippen LogP contribution in [0.5, 0.6) is 0 Å². The molecule has 140 valence electrons. The zero-order valence-corrected chi connectivity index (χ0v) is 15.9. The van der Waals surface area contributed by atoms with Crippen molar-refractivity contribution in [3.8, 4) is 0 Å². The molecular weight excluding hydrogens is 363 g/mol. The van der Waals surface area contributed by atoms with Crippen molar-refractivity contribution >= 4 is 42.4 Å². The Bertz CT molecular complexity index is 949. The van der Waals surface area contributed by atoms with Crippen LogP contribution in [0, 0.1) is 0 Å². The number of fused-ring (bicyclic) bond motifs is 6. The molecule has 4 aromatic carbocycles. The Morgan fingerprint density at radius 1 is 0.704 bits per heavy atom. The van der Waals surface area contributed by atoms with Crippen molar-refractivity contribution in [2.24, 2.45) is 0 Å². The molecule has 0 radical (unpaired) electrons. The molecule has 0 saturated heterocycles. The molecule has 0 saturated carbocycles. The third-order valence-electron chi connectivity index (χ3n) is 4.50. The quantitative estimate of drug-likeness (QED) is 0.396. The fraction of sp³-hybridized carbons (Fsp3) is 0.182. The first kappa shape index (κ1) is 19.3. The SMILES string of the molecule is CCCCS(=O)(=O)OF.c1ccc2c(c1)c1ccccc1c1ccccc21. The van der Waals surface area contributed by atoms with Crippen LogP contribution >= 0.6 is 0 Å². The Morgan fingerprint density at radius 2 is 1.00 bits per heavy atom. The van der Waals surface area contributed by atoms with Gasteiger partial charge in [0.2, 0.25) is 0 Å². The van der Waals surface area contributed by atoms with Crippen LogP contribution in [0.2, 0.25) is 0 Å². The fourth-order valence-corrected chi connectivity index (χ4v) is 3.92. The average Bonchev–Trinajstić information content (AvgIpc) is 2.73. The number of halogens is 1. The van der Waals surface area contributed by atoms with E-state index in [2.05, 4.69) is 77.2 Å². The molecular formula is C22H21FO3S. The lowest BCUT2D eigenvalue weighted by Gasteiger charge is -2.09. The Balaban J connectivity index is 0.000000201. The Kier molecular flexibility index (Phi) is 6.04. The first-order valence-electron chi connectivity index (χ1n) is 8.88. The topological polar surface area (TPSA) is 43.4 Å². The first-order valence-corrected chi connectivity index (χ1v) is 10.5. The molecule has 0 aliphatic heterocycles. The maximum absolute atomic E-state index is 11.0. The van der Waals surface area contributed by atoms with E-state index < -0.39 is 10.1 Å². The van der Waals surface area contributed by atoms with E-state index in [4.69, 9.17) is 0 Å². The molecule has 0 aliphatic carbocycles. The van der Waals surface area contributed by atoms with Gasteiger partial charge in [0.1, 0.15) is 0 Å². The summed E-state index contributed by atoms with van der Waals surface area (Å²) in [5.74, 6) is -0.236. The van der Waals surface area contributed by atoms with E-state index in [1.165, 1.54) is 32.3 Å². The molecule has 0 heterocycles. The van der Waals surface area contributed by atoms with E-state index in [0.29, 0.717) is 12.8 Å². The molecule has 0 N–H and O–H groups in total. The lowest BCUT2D eigenvalue weighted by atomic mass is 9.95. The summed E-state index contributed by atoms with van der Waals surface area (Å²) in [6.45, 7) is 1.81. The normalized spacial score (nSPS) is 11.5. The lowest BCUT2D eigenvalue weighted by molar-refractivity contribution is 0.00290. The highest BCUT2D eigenvalue weighted by Gasteiger charge is 2.09. The van der Waals surface area contributed by atoms with Gasteiger partial charge in [0, 0.05) is 0 Å². The van der Waals surface area contributed by atoms with E-state index in [9.17, 15) is 12.9 Å². The highest BCUT2D eigenvalue weighted by molar-refractivity contribution is 7.86. The minimum Gasteiger partial charge on any atom is -0.197 e. The molecule has 27 heavy (non-hydrogen) atoms. The highest BCUT2D eigenvalue weighted by atomic mass is 32.2. The van der Waals surface area contributed by atoms with Gasteiger partial charge in [0.25, 0.3) is 10.1 Å². The number of hydrogen-bond acceptors (Lipinski definition) is 3. The molecule has 3 nitrogen and oxygen atoms in total. The molecule has 0 spiro atoms. The van der Waals surface area contributed by atoms with Gasteiger partial charge >= 0.3 is 0 Å². The van der Waals surface area contributed by atoms with Crippen LogP contribution in [0.1, 0.15) is 19.8 Å². The minimum atomic E-state index is -3.85. The molecule has 0 unspecified atom stereocenters. The smallest absolute Gasteiger partial charge is 0.197 e. The Morgan fingerprint density at radius 3 is 1.22 bits per heavy atom. The maximum Gasteiger partial charge on any atom is 0.297 e. The van der Waals surface area contributed by atoms with Crippen LogP contribution in [0.4, 0.5) is 4.53 Å². The maximum atomic E-state index is 11.0. The highest BCUT2D eigenvalue weighted by Crippen LogP contribution is 2.34. The van der Waals surface area contributed by atoms with Crippen LogP contribution in [-0.2, 0) is 14.5 Å². The van der Waals surface area contributed by atoms with E-state index in [-0.39, 0.29) is 5.75 Å². The summed E-state index contributed by atoms with van der Waals surface area (Å²) in [6, 6.07) is 26.0. The summed E-state index contributed by atoms with van der Waals surface area (Å²) in [7, 11) is -3.85. The van der Waals surface area contributed by atoms with Crippen LogP contribution in [0.15, 0.2) is 72.8 Å². The summed E-state index contributed by atoms with van der Waals surface area (Å²) in [5, 5.41) is 8.04. The van der Waals surface area contributed by atoms with Gasteiger partial charge in [-0.15, -0.1) is 0 Å². The van der Waals surface area contributed by atoms with Gasteiger partial charge in [-0.05, 0) is 43.3 Å². The molecule has 5 heteroatoms. The molecule has 4 rings (SSSR count). The number of hydrogen-bond donors (Lipinski definition) is 0. The zero-order valence-electron chi connectivity index (χ0n) is 15.1. The molecule has 4 aromatic rings. The van der Waals surface area contributed by atoms with E-state index in [0.717, 1.165) is 0 Å². The van der Waals surface area contributed by atoms with Gasteiger partial charge in [-0.25, -0.2) is 0 Å². The fourth-order valence-electron chi connectivity index (χ4n) is 3.21. The summed E-state index contributed by atoms with van der Waals surface area (Å²) in [5.41, 5.74) is 0. The second-order valence-corrected chi connectivity index (χ2v) is 7.96. The number of benzene rings is 4. The molecule has 0 atom stereocenters. The summed E-state index contributed by atoms with van der Waals surface area (Å²) in [4.78, 5) is 0. The third kappa shape index (κ3) is 4.26. The van der Waals surface area contributed by atoms with Crippen molar-refractivity contribution in [3.63, 3.8) is 0 Å². The number of unbranched alkanes of at least 4 members (excludes halogenated alkanes) is 1. The van der Waals surface area contributed by atoms with Crippen molar-refractivity contribution < 1.29 is 17.3 Å². The molecule has 0 amide bonds. The van der Waals surface area contributed by atoms with E-state index in [1.807, 2.05) is 6.92 Å². The standard InChI is InChI=1S/C18H12.C4H9FO3S/c1-2-8-14-13(7-1)15-9-3-4-11-17(15)18-12-6-5-10-16(14)18;1-2-3-4-9(6,7)8-5/h1-12H;2-4H2,1H3.